The first-order valence-electron chi connectivity index (χ1n) is 6.01. The average Bonchev–Trinajstić information content (AvgIpc) is 2.37. The summed E-state index contributed by atoms with van der Waals surface area (Å²) in [6.07, 6.45) is -0.255. The van der Waals surface area contributed by atoms with Crippen LogP contribution in [0.25, 0.3) is 0 Å². The van der Waals surface area contributed by atoms with E-state index in [1.165, 1.54) is 18.2 Å². The molecular formula is C15H12Cl3FO. The maximum atomic E-state index is 13.6. The molecule has 0 aliphatic rings. The van der Waals surface area contributed by atoms with Crippen molar-refractivity contribution in [1.29, 1.82) is 0 Å². The van der Waals surface area contributed by atoms with Crippen LogP contribution in [-0.4, -0.2) is 11.2 Å². The van der Waals surface area contributed by atoms with Crippen LogP contribution in [0.5, 0.6) is 0 Å². The summed E-state index contributed by atoms with van der Waals surface area (Å²) >= 11 is 17.7. The van der Waals surface area contributed by atoms with Gasteiger partial charge in [-0.2, -0.15) is 0 Å². The van der Waals surface area contributed by atoms with Gasteiger partial charge >= 0.3 is 0 Å². The fraction of sp³-hybridized carbons (Fsp3) is 0.200. The zero-order valence-corrected chi connectivity index (χ0v) is 12.7. The summed E-state index contributed by atoms with van der Waals surface area (Å²) in [7, 11) is 0. The fourth-order valence-electron chi connectivity index (χ4n) is 1.97. The molecule has 5 heteroatoms. The monoisotopic (exact) mass is 332 g/mol. The van der Waals surface area contributed by atoms with Crippen LogP contribution in [0.4, 0.5) is 4.39 Å². The number of aliphatic hydroxyl groups excluding tert-OH is 1. The fourth-order valence-corrected chi connectivity index (χ4v) is 2.65. The zero-order valence-electron chi connectivity index (χ0n) is 10.4. The van der Waals surface area contributed by atoms with E-state index in [-0.39, 0.29) is 12.2 Å². The lowest BCUT2D eigenvalue weighted by molar-refractivity contribution is 0.174. The SMILES string of the molecule is OC(Cc1cc(Cl)ccc1F)Cc1ccc(Cl)cc1Cl. The van der Waals surface area contributed by atoms with E-state index >= 15 is 0 Å². The quantitative estimate of drug-likeness (QED) is 0.841. The molecule has 0 radical (unpaired) electrons. The first-order valence-corrected chi connectivity index (χ1v) is 7.15. The summed E-state index contributed by atoms with van der Waals surface area (Å²) in [5.74, 6) is -0.379. The Labute approximate surface area is 131 Å². The molecule has 0 aliphatic carbocycles. The Kier molecular flexibility index (Phi) is 5.28. The minimum absolute atomic E-state index is 0.172. The normalized spacial score (nSPS) is 12.4. The Balaban J connectivity index is 2.08. The molecule has 2 aromatic rings. The molecule has 0 saturated heterocycles. The number of benzene rings is 2. The molecule has 0 saturated carbocycles. The third-order valence-electron chi connectivity index (χ3n) is 2.93. The van der Waals surface area contributed by atoms with Gasteiger partial charge in [-0.3, -0.25) is 0 Å². The van der Waals surface area contributed by atoms with Crippen molar-refractivity contribution in [2.75, 3.05) is 0 Å². The van der Waals surface area contributed by atoms with Crippen LogP contribution in [0.2, 0.25) is 15.1 Å². The number of hydrogen-bond acceptors (Lipinski definition) is 1. The lowest BCUT2D eigenvalue weighted by atomic mass is 10.0. The predicted octanol–water partition coefficient (Wildman–Crippen LogP) is 4.93. The Hall–Kier alpha value is -0.800. The van der Waals surface area contributed by atoms with E-state index in [4.69, 9.17) is 34.8 Å². The summed E-state index contributed by atoms with van der Waals surface area (Å²) in [4.78, 5) is 0. The molecule has 1 N–H and O–H groups in total. The van der Waals surface area contributed by atoms with Crippen molar-refractivity contribution in [3.8, 4) is 0 Å². The van der Waals surface area contributed by atoms with Crippen LogP contribution < -0.4 is 0 Å². The van der Waals surface area contributed by atoms with Gasteiger partial charge < -0.3 is 5.11 Å². The highest BCUT2D eigenvalue weighted by molar-refractivity contribution is 6.35. The van der Waals surface area contributed by atoms with Gasteiger partial charge in [0, 0.05) is 27.9 Å². The summed E-state index contributed by atoms with van der Waals surface area (Å²) in [6.45, 7) is 0. The third kappa shape index (κ3) is 4.10. The minimum Gasteiger partial charge on any atom is -0.392 e. The van der Waals surface area contributed by atoms with Gasteiger partial charge in [-0.15, -0.1) is 0 Å². The van der Waals surface area contributed by atoms with E-state index in [2.05, 4.69) is 0 Å². The van der Waals surface area contributed by atoms with E-state index in [0.717, 1.165) is 5.56 Å². The van der Waals surface area contributed by atoms with Crippen LogP contribution in [0.3, 0.4) is 0 Å². The van der Waals surface area contributed by atoms with Crippen molar-refractivity contribution in [2.24, 2.45) is 0 Å². The molecule has 0 aliphatic heterocycles. The Morgan fingerprint density at radius 2 is 1.50 bits per heavy atom. The minimum atomic E-state index is -0.748. The molecule has 2 rings (SSSR count). The van der Waals surface area contributed by atoms with Crippen molar-refractivity contribution in [1.82, 2.24) is 0 Å². The molecule has 1 atom stereocenters. The molecule has 1 nitrogen and oxygen atoms in total. The third-order valence-corrected chi connectivity index (χ3v) is 3.76. The van der Waals surface area contributed by atoms with Gasteiger partial charge in [0.15, 0.2) is 0 Å². The van der Waals surface area contributed by atoms with Gasteiger partial charge in [0.25, 0.3) is 0 Å². The van der Waals surface area contributed by atoms with Crippen molar-refractivity contribution in [3.63, 3.8) is 0 Å². The van der Waals surface area contributed by atoms with Crippen molar-refractivity contribution >= 4 is 34.8 Å². The second kappa shape index (κ2) is 6.77. The standard InChI is InChI=1S/C15H12Cl3FO/c16-11-3-4-15(19)10(5-11)7-13(20)6-9-1-2-12(17)8-14(9)18/h1-5,8,13,20H,6-7H2. The second-order valence-corrected chi connectivity index (χ2v) is 5.81. The highest BCUT2D eigenvalue weighted by Crippen LogP contribution is 2.23. The summed E-state index contributed by atoms with van der Waals surface area (Å²) in [5.41, 5.74) is 1.15. The number of hydrogen-bond donors (Lipinski definition) is 1. The molecular weight excluding hydrogens is 322 g/mol. The molecule has 106 valence electrons. The maximum Gasteiger partial charge on any atom is 0.126 e. The first kappa shape index (κ1) is 15.6. The molecule has 0 bridgehead atoms. The van der Waals surface area contributed by atoms with Crippen LogP contribution in [0.15, 0.2) is 36.4 Å². The van der Waals surface area contributed by atoms with Gasteiger partial charge in [-0.05, 0) is 41.5 Å². The van der Waals surface area contributed by atoms with Gasteiger partial charge in [0.2, 0.25) is 0 Å². The van der Waals surface area contributed by atoms with E-state index in [1.54, 1.807) is 18.2 Å². The summed E-state index contributed by atoms with van der Waals surface area (Å²) in [5, 5.41) is 11.5. The van der Waals surface area contributed by atoms with Crippen LogP contribution in [0.1, 0.15) is 11.1 Å². The van der Waals surface area contributed by atoms with Crippen molar-refractivity contribution < 1.29 is 9.50 Å². The van der Waals surface area contributed by atoms with Gasteiger partial charge in [0.05, 0.1) is 6.10 Å². The molecule has 2 aromatic carbocycles. The molecule has 0 heterocycles. The number of halogens is 4. The second-order valence-electron chi connectivity index (χ2n) is 4.53. The molecule has 0 fully saturated rings. The number of aliphatic hydroxyl groups is 1. The topological polar surface area (TPSA) is 20.2 Å². The van der Waals surface area contributed by atoms with Crippen LogP contribution in [-0.2, 0) is 12.8 Å². The van der Waals surface area contributed by atoms with Crippen LogP contribution >= 0.6 is 34.8 Å². The summed E-state index contributed by atoms with van der Waals surface area (Å²) in [6, 6.07) is 9.36. The lowest BCUT2D eigenvalue weighted by Gasteiger charge is -2.13. The predicted molar refractivity (Wildman–Crippen MR) is 81.3 cm³/mol. The van der Waals surface area contributed by atoms with Crippen molar-refractivity contribution in [2.45, 2.75) is 18.9 Å². The first-order chi connectivity index (χ1) is 9.45. The highest BCUT2D eigenvalue weighted by atomic mass is 35.5. The van der Waals surface area contributed by atoms with E-state index in [0.29, 0.717) is 27.1 Å². The van der Waals surface area contributed by atoms with E-state index in [1.807, 2.05) is 0 Å². The van der Waals surface area contributed by atoms with Gasteiger partial charge in [0.1, 0.15) is 5.82 Å². The number of rotatable bonds is 4. The summed E-state index contributed by atoms with van der Waals surface area (Å²) < 4.78 is 13.6. The lowest BCUT2D eigenvalue weighted by Crippen LogP contribution is -2.15. The molecule has 0 amide bonds. The average molecular weight is 334 g/mol. The van der Waals surface area contributed by atoms with Gasteiger partial charge in [-0.1, -0.05) is 40.9 Å². The zero-order chi connectivity index (χ0) is 14.7. The van der Waals surface area contributed by atoms with Crippen LogP contribution in [0, 0.1) is 5.82 Å². The Morgan fingerprint density at radius 1 is 0.900 bits per heavy atom. The Morgan fingerprint density at radius 3 is 2.20 bits per heavy atom. The van der Waals surface area contributed by atoms with E-state index in [9.17, 15) is 9.50 Å². The van der Waals surface area contributed by atoms with E-state index < -0.39 is 6.10 Å². The van der Waals surface area contributed by atoms with Gasteiger partial charge in [-0.25, -0.2) is 4.39 Å². The molecule has 1 unspecified atom stereocenters. The maximum absolute atomic E-state index is 13.6. The molecule has 20 heavy (non-hydrogen) atoms. The molecule has 0 spiro atoms. The smallest absolute Gasteiger partial charge is 0.126 e. The Bertz CT molecular complexity index is 616. The van der Waals surface area contributed by atoms with Crippen molar-refractivity contribution in [3.05, 3.63) is 68.4 Å². The largest absolute Gasteiger partial charge is 0.392 e. The molecule has 0 aromatic heterocycles. The highest BCUT2D eigenvalue weighted by Gasteiger charge is 2.13.